The summed E-state index contributed by atoms with van der Waals surface area (Å²) in [6.07, 6.45) is 6.99. The predicted octanol–water partition coefficient (Wildman–Crippen LogP) is 3.87. The van der Waals surface area contributed by atoms with Crippen LogP contribution >= 0.6 is 0 Å². The van der Waals surface area contributed by atoms with E-state index in [1.165, 1.54) is 12.0 Å². The van der Waals surface area contributed by atoms with Gasteiger partial charge in [-0.05, 0) is 25.7 Å². The highest BCUT2D eigenvalue weighted by Crippen LogP contribution is 2.66. The molecule has 0 heterocycles. The van der Waals surface area contributed by atoms with Crippen LogP contribution in [0.3, 0.4) is 0 Å². The van der Waals surface area contributed by atoms with Gasteiger partial charge in [-0.15, -0.1) is 6.58 Å². The quantitative estimate of drug-likeness (QED) is 0.570. The van der Waals surface area contributed by atoms with Crippen molar-refractivity contribution < 1.29 is 0 Å². The molecular formula is C13H18. The van der Waals surface area contributed by atoms with Crippen LogP contribution in [0.2, 0.25) is 0 Å². The Morgan fingerprint density at radius 1 is 1.54 bits per heavy atom. The van der Waals surface area contributed by atoms with Gasteiger partial charge in [0.1, 0.15) is 0 Å². The Balaban J connectivity index is 2.01. The van der Waals surface area contributed by atoms with Crippen molar-refractivity contribution in [3.05, 3.63) is 35.5 Å². The van der Waals surface area contributed by atoms with E-state index in [1.807, 2.05) is 0 Å². The lowest BCUT2D eigenvalue weighted by atomic mass is 9.92. The van der Waals surface area contributed by atoms with Crippen LogP contribution in [0.1, 0.15) is 33.6 Å². The van der Waals surface area contributed by atoms with Gasteiger partial charge in [0.25, 0.3) is 0 Å². The fourth-order valence-electron chi connectivity index (χ4n) is 2.49. The van der Waals surface area contributed by atoms with Crippen LogP contribution in [0.15, 0.2) is 35.5 Å². The van der Waals surface area contributed by atoms with Crippen LogP contribution in [0.5, 0.6) is 0 Å². The Labute approximate surface area is 81.0 Å². The fourth-order valence-corrected chi connectivity index (χ4v) is 2.49. The third kappa shape index (κ3) is 1.12. The highest BCUT2D eigenvalue weighted by Gasteiger charge is 2.56. The van der Waals surface area contributed by atoms with Crippen molar-refractivity contribution in [1.82, 2.24) is 0 Å². The van der Waals surface area contributed by atoms with Gasteiger partial charge in [-0.2, -0.15) is 0 Å². The summed E-state index contributed by atoms with van der Waals surface area (Å²) in [4.78, 5) is 0. The Hall–Kier alpha value is -0.780. The van der Waals surface area contributed by atoms with Crippen molar-refractivity contribution in [1.29, 1.82) is 0 Å². The van der Waals surface area contributed by atoms with Crippen LogP contribution in [-0.4, -0.2) is 0 Å². The van der Waals surface area contributed by atoms with Crippen molar-refractivity contribution in [2.24, 2.45) is 11.3 Å². The molecule has 1 saturated carbocycles. The maximum Gasteiger partial charge on any atom is 0.0165 e. The van der Waals surface area contributed by atoms with Gasteiger partial charge < -0.3 is 0 Å². The summed E-state index contributed by atoms with van der Waals surface area (Å²) in [5, 5.41) is 0. The van der Waals surface area contributed by atoms with E-state index in [0.29, 0.717) is 5.41 Å². The average Bonchev–Trinajstić information content (AvgIpc) is 2.45. The molecule has 0 nitrogen and oxygen atoms in total. The molecule has 2 aliphatic rings. The number of hydrogen-bond donors (Lipinski definition) is 0. The Bertz CT molecular complexity index is 317. The molecule has 2 unspecified atom stereocenters. The van der Waals surface area contributed by atoms with Gasteiger partial charge in [0, 0.05) is 5.41 Å². The predicted molar refractivity (Wildman–Crippen MR) is 57.5 cm³/mol. The first kappa shape index (κ1) is 8.80. The zero-order valence-electron chi connectivity index (χ0n) is 8.85. The van der Waals surface area contributed by atoms with E-state index >= 15 is 0 Å². The Morgan fingerprint density at radius 3 is 2.69 bits per heavy atom. The first-order valence-corrected chi connectivity index (χ1v) is 5.13. The molecule has 0 aromatic heterocycles. The SMILES string of the molecule is C=C(C)CCC1=CC=C2C(C)C12C. The molecule has 0 aliphatic heterocycles. The molecule has 1 fully saturated rings. The molecule has 0 amide bonds. The van der Waals surface area contributed by atoms with E-state index in [4.69, 9.17) is 0 Å². The molecule has 13 heavy (non-hydrogen) atoms. The maximum absolute atomic E-state index is 3.95. The number of hydrogen-bond acceptors (Lipinski definition) is 0. The molecule has 0 radical (unpaired) electrons. The van der Waals surface area contributed by atoms with Crippen LogP contribution in [-0.2, 0) is 0 Å². The largest absolute Gasteiger partial charge is 0.100 e. The summed E-state index contributed by atoms with van der Waals surface area (Å²) < 4.78 is 0. The molecule has 0 bridgehead atoms. The van der Waals surface area contributed by atoms with Crippen LogP contribution in [0.4, 0.5) is 0 Å². The van der Waals surface area contributed by atoms with Gasteiger partial charge in [-0.3, -0.25) is 0 Å². The summed E-state index contributed by atoms with van der Waals surface area (Å²) in [5.41, 5.74) is 5.02. The molecular weight excluding hydrogens is 156 g/mol. The lowest BCUT2D eigenvalue weighted by Gasteiger charge is -2.12. The first-order chi connectivity index (χ1) is 6.06. The monoisotopic (exact) mass is 174 g/mol. The summed E-state index contributed by atoms with van der Waals surface area (Å²) >= 11 is 0. The molecule has 0 heteroatoms. The fraction of sp³-hybridized carbons (Fsp3) is 0.538. The average molecular weight is 174 g/mol. The Kier molecular flexibility index (Phi) is 1.76. The third-order valence-corrected chi connectivity index (χ3v) is 3.80. The summed E-state index contributed by atoms with van der Waals surface area (Å²) in [5.74, 6) is 0.803. The standard InChI is InChI=1S/C13H18/c1-9(2)5-6-11-7-8-12-10(3)13(11,12)4/h7-8,10H,1,5-6H2,2-4H3. The minimum atomic E-state index is 0.454. The molecule has 2 atom stereocenters. The molecule has 2 rings (SSSR count). The van der Waals surface area contributed by atoms with E-state index in [-0.39, 0.29) is 0 Å². The van der Waals surface area contributed by atoms with E-state index in [1.54, 1.807) is 11.1 Å². The van der Waals surface area contributed by atoms with Gasteiger partial charge in [-0.1, -0.05) is 42.7 Å². The maximum atomic E-state index is 3.95. The zero-order chi connectivity index (χ0) is 9.64. The smallest absolute Gasteiger partial charge is 0.0165 e. The van der Waals surface area contributed by atoms with Gasteiger partial charge in [0.05, 0.1) is 0 Å². The molecule has 0 spiro atoms. The lowest BCUT2D eigenvalue weighted by Crippen LogP contribution is -2.00. The van der Waals surface area contributed by atoms with Gasteiger partial charge >= 0.3 is 0 Å². The minimum absolute atomic E-state index is 0.454. The van der Waals surface area contributed by atoms with Crippen molar-refractivity contribution in [3.8, 4) is 0 Å². The summed E-state index contributed by atoms with van der Waals surface area (Å²) in [6.45, 7) is 10.8. The van der Waals surface area contributed by atoms with E-state index in [9.17, 15) is 0 Å². The second-order valence-corrected chi connectivity index (χ2v) is 4.70. The first-order valence-electron chi connectivity index (χ1n) is 5.13. The molecule has 2 aliphatic carbocycles. The number of fused-ring (bicyclic) bond motifs is 1. The highest BCUT2D eigenvalue weighted by atomic mass is 14.6. The van der Waals surface area contributed by atoms with Crippen LogP contribution in [0.25, 0.3) is 0 Å². The second kappa shape index (κ2) is 2.60. The van der Waals surface area contributed by atoms with Crippen LogP contribution in [0, 0.1) is 11.3 Å². The van der Waals surface area contributed by atoms with Crippen molar-refractivity contribution in [3.63, 3.8) is 0 Å². The van der Waals surface area contributed by atoms with Gasteiger partial charge in [0.2, 0.25) is 0 Å². The van der Waals surface area contributed by atoms with Crippen LogP contribution < -0.4 is 0 Å². The second-order valence-electron chi connectivity index (χ2n) is 4.70. The molecule has 0 N–H and O–H groups in total. The van der Waals surface area contributed by atoms with Gasteiger partial charge in [0.15, 0.2) is 0 Å². The molecule has 70 valence electrons. The van der Waals surface area contributed by atoms with Gasteiger partial charge in [-0.25, -0.2) is 0 Å². The molecule has 0 aromatic carbocycles. The summed E-state index contributed by atoms with van der Waals surface area (Å²) in [7, 11) is 0. The van der Waals surface area contributed by atoms with E-state index < -0.39 is 0 Å². The summed E-state index contributed by atoms with van der Waals surface area (Å²) in [6, 6.07) is 0. The molecule has 0 saturated heterocycles. The number of rotatable bonds is 3. The Morgan fingerprint density at radius 2 is 2.23 bits per heavy atom. The normalized spacial score (nSPS) is 35.2. The zero-order valence-corrected chi connectivity index (χ0v) is 8.85. The van der Waals surface area contributed by atoms with Crippen molar-refractivity contribution in [2.45, 2.75) is 33.6 Å². The third-order valence-electron chi connectivity index (χ3n) is 3.80. The lowest BCUT2D eigenvalue weighted by molar-refractivity contribution is 0.599. The molecule has 0 aromatic rings. The minimum Gasteiger partial charge on any atom is -0.100 e. The van der Waals surface area contributed by atoms with E-state index in [0.717, 1.165) is 12.3 Å². The topological polar surface area (TPSA) is 0 Å². The van der Waals surface area contributed by atoms with E-state index in [2.05, 4.69) is 39.5 Å². The highest BCUT2D eigenvalue weighted by molar-refractivity contribution is 5.55. The van der Waals surface area contributed by atoms with Crippen molar-refractivity contribution in [2.75, 3.05) is 0 Å². The number of allylic oxidation sites excluding steroid dienone is 5. The van der Waals surface area contributed by atoms with Crippen molar-refractivity contribution >= 4 is 0 Å².